The maximum absolute atomic E-state index is 3.68. The Hall–Kier alpha value is -0.300. The lowest BCUT2D eigenvalue weighted by Gasteiger charge is -2.07. The molecule has 0 rings (SSSR count). The SMILES string of the molecule is C=CC(C)C(C)C.N. The Morgan fingerprint density at radius 2 is 1.62 bits per heavy atom. The standard InChI is InChI=1S/C7H14.H3N/c1-5-7(4)6(2)3;/h5-7H,1H2,2-4H3;1H3. The van der Waals surface area contributed by atoms with Gasteiger partial charge in [0.1, 0.15) is 0 Å². The first-order chi connectivity index (χ1) is 3.18. The first-order valence-corrected chi connectivity index (χ1v) is 2.81. The van der Waals surface area contributed by atoms with Crippen molar-refractivity contribution in [1.82, 2.24) is 6.15 Å². The largest absolute Gasteiger partial charge is 0.344 e. The van der Waals surface area contributed by atoms with Crippen LogP contribution >= 0.6 is 0 Å². The highest BCUT2D eigenvalue weighted by Crippen LogP contribution is 2.08. The lowest BCUT2D eigenvalue weighted by molar-refractivity contribution is 0.505. The van der Waals surface area contributed by atoms with Crippen LogP contribution in [0.5, 0.6) is 0 Å². The molecule has 0 bridgehead atoms. The molecule has 1 unspecified atom stereocenters. The van der Waals surface area contributed by atoms with E-state index in [0.29, 0.717) is 5.92 Å². The van der Waals surface area contributed by atoms with E-state index in [1.54, 1.807) is 0 Å². The average molecular weight is 115 g/mol. The summed E-state index contributed by atoms with van der Waals surface area (Å²) in [5.74, 6) is 1.41. The van der Waals surface area contributed by atoms with Crippen LogP contribution in [-0.4, -0.2) is 0 Å². The zero-order chi connectivity index (χ0) is 5.86. The van der Waals surface area contributed by atoms with Gasteiger partial charge in [0.05, 0.1) is 0 Å². The summed E-state index contributed by atoms with van der Waals surface area (Å²) in [4.78, 5) is 0. The summed E-state index contributed by atoms with van der Waals surface area (Å²) < 4.78 is 0. The zero-order valence-corrected chi connectivity index (χ0v) is 6.15. The van der Waals surface area contributed by atoms with Crippen molar-refractivity contribution in [3.63, 3.8) is 0 Å². The molecule has 0 radical (unpaired) electrons. The monoisotopic (exact) mass is 115 g/mol. The third-order valence-electron chi connectivity index (χ3n) is 1.42. The predicted molar refractivity (Wildman–Crippen MR) is 39.2 cm³/mol. The third-order valence-corrected chi connectivity index (χ3v) is 1.42. The number of hydrogen-bond donors (Lipinski definition) is 1. The van der Waals surface area contributed by atoms with Gasteiger partial charge in [-0.3, -0.25) is 0 Å². The summed E-state index contributed by atoms with van der Waals surface area (Å²) in [6.07, 6.45) is 1.99. The summed E-state index contributed by atoms with van der Waals surface area (Å²) >= 11 is 0. The maximum atomic E-state index is 3.68. The maximum Gasteiger partial charge on any atom is -0.0242 e. The van der Waals surface area contributed by atoms with E-state index in [4.69, 9.17) is 0 Å². The second-order valence-corrected chi connectivity index (χ2v) is 2.34. The van der Waals surface area contributed by atoms with E-state index in [1.807, 2.05) is 6.08 Å². The summed E-state index contributed by atoms with van der Waals surface area (Å²) in [6.45, 7) is 10.3. The number of rotatable bonds is 2. The van der Waals surface area contributed by atoms with Gasteiger partial charge in [0.2, 0.25) is 0 Å². The number of hydrogen-bond acceptors (Lipinski definition) is 1. The van der Waals surface area contributed by atoms with Crippen LogP contribution in [0.2, 0.25) is 0 Å². The summed E-state index contributed by atoms with van der Waals surface area (Å²) in [7, 11) is 0. The second kappa shape index (κ2) is 4.85. The predicted octanol–water partition coefficient (Wildman–Crippen LogP) is 2.63. The van der Waals surface area contributed by atoms with Crippen molar-refractivity contribution < 1.29 is 0 Å². The van der Waals surface area contributed by atoms with E-state index in [2.05, 4.69) is 27.4 Å². The normalized spacial score (nSPS) is 12.5. The Labute approximate surface area is 52.4 Å². The van der Waals surface area contributed by atoms with E-state index >= 15 is 0 Å². The molecule has 0 aliphatic carbocycles. The van der Waals surface area contributed by atoms with Crippen LogP contribution < -0.4 is 6.15 Å². The lowest BCUT2D eigenvalue weighted by atomic mass is 9.99. The molecule has 50 valence electrons. The fraction of sp³-hybridized carbons (Fsp3) is 0.714. The minimum absolute atomic E-state index is 0. The second-order valence-electron chi connectivity index (χ2n) is 2.34. The molecular weight excluding hydrogens is 98.1 g/mol. The van der Waals surface area contributed by atoms with Crippen LogP contribution in [0.4, 0.5) is 0 Å². The Morgan fingerprint density at radius 3 is 1.62 bits per heavy atom. The molecule has 3 N–H and O–H groups in total. The van der Waals surface area contributed by atoms with Gasteiger partial charge >= 0.3 is 0 Å². The fourth-order valence-electron chi connectivity index (χ4n) is 0.272. The zero-order valence-electron chi connectivity index (χ0n) is 6.15. The van der Waals surface area contributed by atoms with E-state index in [1.165, 1.54) is 0 Å². The van der Waals surface area contributed by atoms with Gasteiger partial charge in [0, 0.05) is 0 Å². The average Bonchev–Trinajstić information content (AvgIpc) is 1.65. The van der Waals surface area contributed by atoms with E-state index in [-0.39, 0.29) is 6.15 Å². The Bertz CT molecular complexity index is 57.4. The molecule has 0 aromatic carbocycles. The van der Waals surface area contributed by atoms with Gasteiger partial charge in [-0.25, -0.2) is 0 Å². The molecular formula is C7H17N. The highest BCUT2D eigenvalue weighted by atomic mass is 14.0. The van der Waals surface area contributed by atoms with Gasteiger partial charge in [-0.05, 0) is 11.8 Å². The molecule has 0 saturated heterocycles. The smallest absolute Gasteiger partial charge is 0.0242 e. The van der Waals surface area contributed by atoms with Gasteiger partial charge in [0.25, 0.3) is 0 Å². The minimum Gasteiger partial charge on any atom is -0.344 e. The Kier molecular flexibility index (Phi) is 6.45. The van der Waals surface area contributed by atoms with Crippen LogP contribution in [0.25, 0.3) is 0 Å². The van der Waals surface area contributed by atoms with Crippen molar-refractivity contribution in [2.24, 2.45) is 11.8 Å². The first kappa shape index (κ1) is 10.6. The van der Waals surface area contributed by atoms with Crippen LogP contribution in [0.15, 0.2) is 12.7 Å². The van der Waals surface area contributed by atoms with E-state index in [9.17, 15) is 0 Å². The Morgan fingerprint density at radius 1 is 1.25 bits per heavy atom. The van der Waals surface area contributed by atoms with Crippen molar-refractivity contribution in [2.45, 2.75) is 20.8 Å². The fourth-order valence-corrected chi connectivity index (χ4v) is 0.272. The van der Waals surface area contributed by atoms with Crippen LogP contribution in [0.3, 0.4) is 0 Å². The van der Waals surface area contributed by atoms with Gasteiger partial charge < -0.3 is 6.15 Å². The van der Waals surface area contributed by atoms with Crippen molar-refractivity contribution in [3.05, 3.63) is 12.7 Å². The Balaban J connectivity index is 0. The van der Waals surface area contributed by atoms with Gasteiger partial charge in [0.15, 0.2) is 0 Å². The quantitative estimate of drug-likeness (QED) is 0.551. The molecule has 0 heterocycles. The molecule has 1 nitrogen and oxygen atoms in total. The summed E-state index contributed by atoms with van der Waals surface area (Å²) in [5.41, 5.74) is 0. The molecule has 1 heteroatoms. The van der Waals surface area contributed by atoms with Crippen molar-refractivity contribution in [1.29, 1.82) is 0 Å². The first-order valence-electron chi connectivity index (χ1n) is 2.81. The highest BCUT2D eigenvalue weighted by Gasteiger charge is 1.98. The van der Waals surface area contributed by atoms with E-state index in [0.717, 1.165) is 5.92 Å². The van der Waals surface area contributed by atoms with Crippen LogP contribution in [0.1, 0.15) is 20.8 Å². The molecule has 1 atom stereocenters. The van der Waals surface area contributed by atoms with Crippen molar-refractivity contribution in [2.75, 3.05) is 0 Å². The van der Waals surface area contributed by atoms with Gasteiger partial charge in [-0.15, -0.1) is 6.58 Å². The molecule has 0 aromatic rings. The molecule has 0 fully saturated rings. The molecule has 0 aliphatic rings. The van der Waals surface area contributed by atoms with E-state index < -0.39 is 0 Å². The highest BCUT2D eigenvalue weighted by molar-refractivity contribution is 4.76. The molecule has 0 aliphatic heterocycles. The van der Waals surface area contributed by atoms with Crippen LogP contribution in [-0.2, 0) is 0 Å². The summed E-state index contributed by atoms with van der Waals surface area (Å²) in [6, 6.07) is 0. The molecule has 0 saturated carbocycles. The van der Waals surface area contributed by atoms with Gasteiger partial charge in [-0.2, -0.15) is 0 Å². The molecule has 8 heavy (non-hydrogen) atoms. The molecule has 0 spiro atoms. The van der Waals surface area contributed by atoms with Gasteiger partial charge in [-0.1, -0.05) is 26.8 Å². The minimum atomic E-state index is 0. The molecule has 0 amide bonds. The lowest BCUT2D eigenvalue weighted by Crippen LogP contribution is -1.97. The summed E-state index contributed by atoms with van der Waals surface area (Å²) in [5, 5.41) is 0. The van der Waals surface area contributed by atoms with Crippen LogP contribution in [0, 0.1) is 11.8 Å². The topological polar surface area (TPSA) is 35.0 Å². The number of allylic oxidation sites excluding steroid dienone is 1. The van der Waals surface area contributed by atoms with Crippen molar-refractivity contribution >= 4 is 0 Å². The van der Waals surface area contributed by atoms with Crippen molar-refractivity contribution in [3.8, 4) is 0 Å². The third kappa shape index (κ3) is 3.88. The molecule has 0 aromatic heterocycles.